The van der Waals surface area contributed by atoms with Crippen LogP contribution in [-0.2, 0) is 0 Å². The fourth-order valence-electron chi connectivity index (χ4n) is 1.85. The molecule has 0 radical (unpaired) electrons. The first kappa shape index (κ1) is 16.3. The first-order valence-corrected chi connectivity index (χ1v) is 7.20. The normalized spacial score (nSPS) is 12.5. The lowest BCUT2D eigenvalue weighted by molar-refractivity contribution is 0.473. The Morgan fingerprint density at radius 2 is 1.14 bits per heavy atom. The zero-order chi connectivity index (χ0) is 16.3. The van der Waals surface area contributed by atoms with E-state index >= 15 is 0 Å². The smallest absolute Gasteiger partial charge is 0.124 e. The number of aromatic hydroxyl groups is 2. The molecule has 0 heterocycles. The summed E-state index contributed by atoms with van der Waals surface area (Å²) in [5, 5.41) is 28.8. The second kappa shape index (κ2) is 6.81. The Hall–Kier alpha value is -2.04. The summed E-state index contributed by atoms with van der Waals surface area (Å²) in [6.45, 7) is 3.42. The van der Waals surface area contributed by atoms with Gasteiger partial charge >= 0.3 is 0 Å². The molecular formula is C16H14Cl2N2O2. The molecule has 0 fully saturated rings. The third-order valence-corrected chi connectivity index (χ3v) is 3.52. The SMILES string of the molecule is CC(=NN=C(C)c1cc(Cl)ccc1O)c1cc(Cl)ccc1O. The number of phenols is 2. The predicted molar refractivity (Wildman–Crippen MR) is 90.7 cm³/mol. The first-order chi connectivity index (χ1) is 10.4. The third-order valence-electron chi connectivity index (χ3n) is 3.05. The highest BCUT2D eigenvalue weighted by molar-refractivity contribution is 6.31. The summed E-state index contributed by atoms with van der Waals surface area (Å²) in [5.74, 6) is 0.146. The maximum atomic E-state index is 9.82. The minimum atomic E-state index is 0.0732. The monoisotopic (exact) mass is 336 g/mol. The fourth-order valence-corrected chi connectivity index (χ4v) is 2.20. The molecule has 0 saturated heterocycles. The molecule has 6 heteroatoms. The molecule has 0 unspecified atom stereocenters. The first-order valence-electron chi connectivity index (χ1n) is 6.45. The van der Waals surface area contributed by atoms with Crippen LogP contribution in [0, 0.1) is 0 Å². The van der Waals surface area contributed by atoms with E-state index in [1.54, 1.807) is 38.1 Å². The molecule has 0 bridgehead atoms. The molecule has 0 aromatic heterocycles. The highest BCUT2D eigenvalue weighted by Gasteiger charge is 2.07. The molecule has 0 aliphatic rings. The van der Waals surface area contributed by atoms with Crippen molar-refractivity contribution in [3.05, 3.63) is 57.6 Å². The van der Waals surface area contributed by atoms with Crippen LogP contribution in [0.15, 0.2) is 46.6 Å². The van der Waals surface area contributed by atoms with Crippen LogP contribution >= 0.6 is 23.2 Å². The summed E-state index contributed by atoms with van der Waals surface area (Å²) in [5.41, 5.74) is 2.00. The van der Waals surface area contributed by atoms with E-state index in [0.717, 1.165) is 0 Å². The van der Waals surface area contributed by atoms with Crippen molar-refractivity contribution in [2.24, 2.45) is 10.2 Å². The maximum absolute atomic E-state index is 9.82. The molecule has 22 heavy (non-hydrogen) atoms. The van der Waals surface area contributed by atoms with Crippen molar-refractivity contribution in [3.8, 4) is 11.5 Å². The molecule has 0 aliphatic carbocycles. The van der Waals surface area contributed by atoms with Crippen LogP contribution in [0.5, 0.6) is 11.5 Å². The Morgan fingerprint density at radius 1 is 0.773 bits per heavy atom. The van der Waals surface area contributed by atoms with Gasteiger partial charge in [0.25, 0.3) is 0 Å². The van der Waals surface area contributed by atoms with Crippen LogP contribution in [0.2, 0.25) is 10.0 Å². The average Bonchev–Trinajstić information content (AvgIpc) is 2.49. The Balaban J connectivity index is 2.36. The van der Waals surface area contributed by atoms with Crippen LogP contribution in [0.25, 0.3) is 0 Å². The van der Waals surface area contributed by atoms with Crippen molar-refractivity contribution >= 4 is 34.6 Å². The molecule has 0 spiro atoms. The van der Waals surface area contributed by atoms with Gasteiger partial charge in [-0.3, -0.25) is 0 Å². The van der Waals surface area contributed by atoms with Crippen LogP contribution < -0.4 is 0 Å². The van der Waals surface area contributed by atoms with Crippen molar-refractivity contribution in [1.29, 1.82) is 0 Å². The summed E-state index contributed by atoms with van der Waals surface area (Å²) >= 11 is 11.8. The van der Waals surface area contributed by atoms with Crippen LogP contribution in [0.3, 0.4) is 0 Å². The van der Waals surface area contributed by atoms with Gasteiger partial charge in [0.1, 0.15) is 11.5 Å². The van der Waals surface area contributed by atoms with E-state index in [-0.39, 0.29) is 11.5 Å². The van der Waals surface area contributed by atoms with Crippen LogP contribution in [0.1, 0.15) is 25.0 Å². The molecule has 2 aromatic carbocycles. The van der Waals surface area contributed by atoms with Crippen LogP contribution in [0.4, 0.5) is 0 Å². The van der Waals surface area contributed by atoms with Crippen LogP contribution in [-0.4, -0.2) is 21.6 Å². The summed E-state index contributed by atoms with van der Waals surface area (Å²) in [7, 11) is 0. The van der Waals surface area contributed by atoms with Gasteiger partial charge in [0, 0.05) is 21.2 Å². The van der Waals surface area contributed by atoms with Gasteiger partial charge in [-0.2, -0.15) is 10.2 Å². The Bertz CT molecular complexity index is 705. The number of nitrogens with zero attached hydrogens (tertiary/aromatic N) is 2. The third kappa shape index (κ3) is 3.78. The molecular weight excluding hydrogens is 323 g/mol. The van der Waals surface area contributed by atoms with Gasteiger partial charge in [0.2, 0.25) is 0 Å². The van der Waals surface area contributed by atoms with Crippen molar-refractivity contribution in [3.63, 3.8) is 0 Å². The molecule has 2 aromatic rings. The van der Waals surface area contributed by atoms with E-state index in [2.05, 4.69) is 10.2 Å². The topological polar surface area (TPSA) is 65.2 Å². The van der Waals surface area contributed by atoms with E-state index in [4.69, 9.17) is 23.2 Å². The lowest BCUT2D eigenvalue weighted by atomic mass is 10.1. The largest absolute Gasteiger partial charge is 0.507 e. The van der Waals surface area contributed by atoms with Gasteiger partial charge in [-0.25, -0.2) is 0 Å². The minimum absolute atomic E-state index is 0.0732. The number of hydrogen-bond donors (Lipinski definition) is 2. The number of phenolic OH excluding ortho intramolecular Hbond substituents is 2. The van der Waals surface area contributed by atoms with Gasteiger partial charge in [-0.05, 0) is 50.2 Å². The summed E-state index contributed by atoms with van der Waals surface area (Å²) in [6.07, 6.45) is 0. The molecule has 0 saturated carbocycles. The number of benzene rings is 2. The summed E-state index contributed by atoms with van der Waals surface area (Å²) < 4.78 is 0. The standard InChI is InChI=1S/C16H14Cl2N2O2/c1-9(13-7-11(17)3-5-15(13)21)19-20-10(2)14-8-12(18)4-6-16(14)22/h3-8,21-22H,1-2H3. The summed E-state index contributed by atoms with van der Waals surface area (Å²) in [4.78, 5) is 0. The lowest BCUT2D eigenvalue weighted by Crippen LogP contribution is -1.98. The van der Waals surface area contributed by atoms with E-state index in [0.29, 0.717) is 32.6 Å². The highest BCUT2D eigenvalue weighted by atomic mass is 35.5. The van der Waals surface area contributed by atoms with E-state index in [1.807, 2.05) is 0 Å². The number of hydrogen-bond acceptors (Lipinski definition) is 4. The van der Waals surface area contributed by atoms with E-state index < -0.39 is 0 Å². The minimum Gasteiger partial charge on any atom is -0.507 e. The van der Waals surface area contributed by atoms with Crippen molar-refractivity contribution in [2.45, 2.75) is 13.8 Å². The van der Waals surface area contributed by atoms with Gasteiger partial charge in [-0.15, -0.1) is 0 Å². The van der Waals surface area contributed by atoms with Crippen molar-refractivity contribution in [1.82, 2.24) is 0 Å². The maximum Gasteiger partial charge on any atom is 0.124 e. The summed E-state index contributed by atoms with van der Waals surface area (Å²) in [6, 6.07) is 9.39. The zero-order valence-corrected chi connectivity index (χ0v) is 13.5. The Morgan fingerprint density at radius 3 is 1.50 bits per heavy atom. The Kier molecular flexibility index (Phi) is 5.06. The van der Waals surface area contributed by atoms with Crippen molar-refractivity contribution < 1.29 is 10.2 Å². The molecule has 0 atom stereocenters. The number of rotatable bonds is 3. The lowest BCUT2D eigenvalue weighted by Gasteiger charge is -2.05. The molecule has 4 nitrogen and oxygen atoms in total. The van der Waals surface area contributed by atoms with Gasteiger partial charge < -0.3 is 10.2 Å². The molecule has 0 aliphatic heterocycles. The average molecular weight is 337 g/mol. The number of halogens is 2. The van der Waals surface area contributed by atoms with Gasteiger partial charge in [-0.1, -0.05) is 23.2 Å². The molecule has 2 N–H and O–H groups in total. The van der Waals surface area contributed by atoms with E-state index in [1.165, 1.54) is 12.1 Å². The fraction of sp³-hybridized carbons (Fsp3) is 0.125. The highest BCUT2D eigenvalue weighted by Crippen LogP contribution is 2.24. The Labute approximate surface area is 138 Å². The van der Waals surface area contributed by atoms with E-state index in [9.17, 15) is 10.2 Å². The molecule has 114 valence electrons. The predicted octanol–water partition coefficient (Wildman–Crippen LogP) is 4.64. The quantitative estimate of drug-likeness (QED) is 0.633. The molecule has 2 rings (SSSR count). The van der Waals surface area contributed by atoms with Gasteiger partial charge in [0.15, 0.2) is 0 Å². The molecule has 0 amide bonds. The zero-order valence-electron chi connectivity index (χ0n) is 12.0. The second-order valence-electron chi connectivity index (χ2n) is 4.69. The van der Waals surface area contributed by atoms with Gasteiger partial charge in [0.05, 0.1) is 11.4 Å². The second-order valence-corrected chi connectivity index (χ2v) is 5.57. The van der Waals surface area contributed by atoms with Crippen molar-refractivity contribution in [2.75, 3.05) is 0 Å².